The molecule has 0 aliphatic heterocycles. The first-order valence-corrected chi connectivity index (χ1v) is 7.92. The highest BCUT2D eigenvalue weighted by Gasteiger charge is 2.12. The Bertz CT molecular complexity index is 988. The quantitative estimate of drug-likeness (QED) is 0.601. The number of fused-ring (bicyclic) bond motifs is 2. The number of hydrogen-bond acceptors (Lipinski definition) is 3. The van der Waals surface area contributed by atoms with Crippen LogP contribution in [0.15, 0.2) is 48.5 Å². The lowest BCUT2D eigenvalue weighted by molar-refractivity contribution is 0.0946. The lowest BCUT2D eigenvalue weighted by Crippen LogP contribution is -2.22. The fraction of sp³-hybridized carbons (Fsp3) is 0.0588. The molecule has 0 bridgehead atoms. The first-order valence-electron chi connectivity index (χ1n) is 7.10. The summed E-state index contributed by atoms with van der Waals surface area (Å²) in [6, 6.07) is 14.1. The highest BCUT2D eigenvalue weighted by Crippen LogP contribution is 2.22. The van der Waals surface area contributed by atoms with E-state index in [2.05, 4.69) is 15.3 Å². The second-order valence-corrected chi connectivity index (χ2v) is 6.26. The minimum atomic E-state index is -0.344. The van der Waals surface area contributed by atoms with E-state index in [1.807, 2.05) is 24.3 Å². The van der Waals surface area contributed by atoms with Gasteiger partial charge in [-0.3, -0.25) is 4.79 Å². The van der Waals surface area contributed by atoms with E-state index in [0.717, 1.165) is 15.2 Å². The molecule has 0 radical (unpaired) electrons. The molecule has 0 fully saturated rings. The van der Waals surface area contributed by atoms with Crippen molar-refractivity contribution in [3.05, 3.63) is 65.0 Å². The Kier molecular flexibility index (Phi) is 3.31. The van der Waals surface area contributed by atoms with Crippen molar-refractivity contribution in [3.8, 4) is 0 Å². The molecule has 6 heteroatoms. The van der Waals surface area contributed by atoms with Crippen molar-refractivity contribution in [2.24, 2.45) is 0 Å². The zero-order valence-corrected chi connectivity index (χ0v) is 12.8. The third-order valence-electron chi connectivity index (χ3n) is 3.59. The van der Waals surface area contributed by atoms with Gasteiger partial charge in [-0.25, -0.2) is 9.37 Å². The van der Waals surface area contributed by atoms with Gasteiger partial charge in [-0.2, -0.15) is 0 Å². The van der Waals surface area contributed by atoms with Crippen LogP contribution in [0.1, 0.15) is 15.5 Å². The van der Waals surface area contributed by atoms with Crippen molar-refractivity contribution >= 4 is 38.4 Å². The second-order valence-electron chi connectivity index (χ2n) is 5.14. The summed E-state index contributed by atoms with van der Waals surface area (Å²) in [5.41, 5.74) is 1.87. The van der Waals surface area contributed by atoms with E-state index in [0.29, 0.717) is 23.1 Å². The third kappa shape index (κ3) is 2.57. The van der Waals surface area contributed by atoms with Gasteiger partial charge in [0.1, 0.15) is 16.5 Å². The monoisotopic (exact) mass is 325 g/mol. The molecule has 0 saturated heterocycles. The van der Waals surface area contributed by atoms with Gasteiger partial charge >= 0.3 is 0 Å². The summed E-state index contributed by atoms with van der Waals surface area (Å²) in [6.45, 7) is 0.343. The Morgan fingerprint density at radius 3 is 2.91 bits per heavy atom. The molecule has 2 aromatic heterocycles. The van der Waals surface area contributed by atoms with Crippen LogP contribution in [0.25, 0.3) is 21.1 Å². The number of nitrogens with one attached hydrogen (secondary N) is 2. The van der Waals surface area contributed by atoms with E-state index in [-0.39, 0.29) is 11.7 Å². The highest BCUT2D eigenvalue weighted by molar-refractivity contribution is 7.18. The predicted octanol–water partition coefficient (Wildman–Crippen LogP) is 3.85. The number of benzene rings is 2. The van der Waals surface area contributed by atoms with Crippen molar-refractivity contribution in [1.29, 1.82) is 0 Å². The van der Waals surface area contributed by atoms with Crippen LogP contribution in [-0.4, -0.2) is 15.9 Å². The van der Waals surface area contributed by atoms with Crippen molar-refractivity contribution in [2.75, 3.05) is 0 Å². The number of nitrogens with zero attached hydrogens (tertiary/aromatic N) is 1. The summed E-state index contributed by atoms with van der Waals surface area (Å²) in [7, 11) is 0. The summed E-state index contributed by atoms with van der Waals surface area (Å²) < 4.78 is 14.8. The smallest absolute Gasteiger partial charge is 0.268 e. The number of para-hydroxylation sites is 1. The van der Waals surface area contributed by atoms with Crippen LogP contribution in [0.4, 0.5) is 4.39 Å². The number of aromatic nitrogens is 2. The molecule has 0 atom stereocenters. The molecule has 0 spiro atoms. The maximum Gasteiger partial charge on any atom is 0.268 e. The average Bonchev–Trinajstić information content (AvgIpc) is 3.17. The summed E-state index contributed by atoms with van der Waals surface area (Å²) in [6.07, 6.45) is 0. The maximum atomic E-state index is 13.7. The Balaban J connectivity index is 1.53. The van der Waals surface area contributed by atoms with E-state index in [1.54, 1.807) is 23.5 Å². The third-order valence-corrected chi connectivity index (χ3v) is 4.63. The average molecular weight is 325 g/mol. The molecule has 0 aliphatic rings. The minimum Gasteiger partial charge on any atom is -0.350 e. The Hall–Kier alpha value is -2.73. The van der Waals surface area contributed by atoms with Crippen LogP contribution >= 0.6 is 11.3 Å². The van der Waals surface area contributed by atoms with Gasteiger partial charge in [-0.1, -0.05) is 18.2 Å². The van der Waals surface area contributed by atoms with E-state index in [4.69, 9.17) is 0 Å². The predicted molar refractivity (Wildman–Crippen MR) is 89.0 cm³/mol. The SMILES string of the molecule is O=C(NCc1nc2ccccc2s1)c1cc2c(F)cccc2[nH]1. The summed E-state index contributed by atoms with van der Waals surface area (Å²) in [4.78, 5) is 19.6. The maximum absolute atomic E-state index is 13.7. The van der Waals surface area contributed by atoms with Crippen LogP contribution in [0, 0.1) is 5.82 Å². The molecule has 0 aliphatic carbocycles. The lowest BCUT2D eigenvalue weighted by Gasteiger charge is -2.00. The van der Waals surface area contributed by atoms with Gasteiger partial charge in [0.2, 0.25) is 0 Å². The summed E-state index contributed by atoms with van der Waals surface area (Å²) >= 11 is 1.55. The fourth-order valence-corrected chi connectivity index (χ4v) is 3.39. The molecule has 4 aromatic rings. The van der Waals surface area contributed by atoms with Gasteiger partial charge in [0.15, 0.2) is 0 Å². The number of halogens is 1. The number of H-pyrrole nitrogens is 1. The number of amides is 1. The number of carbonyl (C=O) groups excluding carboxylic acids is 1. The molecule has 23 heavy (non-hydrogen) atoms. The summed E-state index contributed by atoms with van der Waals surface area (Å²) in [5, 5.41) is 4.06. The minimum absolute atomic E-state index is 0.278. The largest absolute Gasteiger partial charge is 0.350 e. The molecule has 114 valence electrons. The van der Waals surface area contributed by atoms with Gasteiger partial charge in [-0.05, 0) is 30.3 Å². The first kappa shape index (κ1) is 13.9. The number of hydrogen-bond donors (Lipinski definition) is 2. The van der Waals surface area contributed by atoms with Crippen LogP contribution in [0.3, 0.4) is 0 Å². The zero-order chi connectivity index (χ0) is 15.8. The Morgan fingerprint density at radius 2 is 2.09 bits per heavy atom. The fourth-order valence-electron chi connectivity index (χ4n) is 2.49. The van der Waals surface area contributed by atoms with Gasteiger partial charge in [0, 0.05) is 10.9 Å². The van der Waals surface area contributed by atoms with Crippen LogP contribution in [-0.2, 0) is 6.54 Å². The van der Waals surface area contributed by atoms with E-state index >= 15 is 0 Å². The number of aromatic amines is 1. The molecule has 1 amide bonds. The number of carbonyl (C=O) groups is 1. The van der Waals surface area contributed by atoms with Gasteiger partial charge in [-0.15, -0.1) is 11.3 Å². The van der Waals surface area contributed by atoms with Gasteiger partial charge in [0.25, 0.3) is 5.91 Å². The van der Waals surface area contributed by atoms with Crippen molar-refractivity contribution in [2.45, 2.75) is 6.54 Å². The molecular weight excluding hydrogens is 313 g/mol. The van der Waals surface area contributed by atoms with Crippen molar-refractivity contribution in [1.82, 2.24) is 15.3 Å². The van der Waals surface area contributed by atoms with Crippen LogP contribution < -0.4 is 5.32 Å². The Labute approximate surface area is 135 Å². The van der Waals surface area contributed by atoms with Crippen LogP contribution in [0.5, 0.6) is 0 Å². The molecule has 4 nitrogen and oxygen atoms in total. The van der Waals surface area contributed by atoms with Crippen LogP contribution in [0.2, 0.25) is 0 Å². The number of rotatable bonds is 3. The van der Waals surface area contributed by atoms with Crippen molar-refractivity contribution in [3.63, 3.8) is 0 Å². The molecule has 0 unspecified atom stereocenters. The second kappa shape index (κ2) is 5.48. The molecule has 2 aromatic carbocycles. The van der Waals surface area contributed by atoms with Crippen molar-refractivity contribution < 1.29 is 9.18 Å². The number of thiazole rings is 1. The summed E-state index contributed by atoms with van der Waals surface area (Å²) in [5.74, 6) is -0.621. The van der Waals surface area contributed by atoms with E-state index in [9.17, 15) is 9.18 Å². The van der Waals surface area contributed by atoms with E-state index < -0.39 is 0 Å². The topological polar surface area (TPSA) is 57.8 Å². The van der Waals surface area contributed by atoms with E-state index in [1.165, 1.54) is 12.1 Å². The Morgan fingerprint density at radius 1 is 1.22 bits per heavy atom. The van der Waals surface area contributed by atoms with Gasteiger partial charge < -0.3 is 10.3 Å². The first-order chi connectivity index (χ1) is 11.2. The normalized spacial score (nSPS) is 11.2. The molecule has 4 rings (SSSR count). The molecule has 2 heterocycles. The lowest BCUT2D eigenvalue weighted by atomic mass is 10.2. The van der Waals surface area contributed by atoms with Gasteiger partial charge in [0.05, 0.1) is 16.8 Å². The molecule has 2 N–H and O–H groups in total. The zero-order valence-electron chi connectivity index (χ0n) is 12.0. The standard InChI is InChI=1S/C17H12FN3OS/c18-11-4-3-6-12-10(11)8-14(20-12)17(22)19-9-16-21-13-5-1-2-7-15(13)23-16/h1-8,20H,9H2,(H,19,22). The highest BCUT2D eigenvalue weighted by atomic mass is 32.1. The molecular formula is C17H12FN3OS. The molecule has 0 saturated carbocycles.